The minimum absolute atomic E-state index is 0.0722. The lowest BCUT2D eigenvalue weighted by atomic mass is 10.1. The molecular weight excluding hydrogens is 290 g/mol. The zero-order valence-electron chi connectivity index (χ0n) is 12.9. The Morgan fingerprint density at radius 2 is 1.87 bits per heavy atom. The van der Waals surface area contributed by atoms with E-state index in [9.17, 15) is 9.59 Å². The molecule has 2 aromatic rings. The highest BCUT2D eigenvalue weighted by atomic mass is 16.2. The number of pyridine rings is 1. The summed E-state index contributed by atoms with van der Waals surface area (Å²) in [6.07, 6.45) is 5.31. The number of benzene rings is 1. The summed E-state index contributed by atoms with van der Waals surface area (Å²) in [5, 5.41) is 2.85. The van der Waals surface area contributed by atoms with Gasteiger partial charge in [-0.25, -0.2) is 0 Å². The van der Waals surface area contributed by atoms with Gasteiger partial charge in [-0.1, -0.05) is 12.1 Å². The molecule has 1 aliphatic rings. The number of amides is 2. The lowest BCUT2D eigenvalue weighted by Gasteiger charge is -2.15. The molecule has 2 amide bonds. The van der Waals surface area contributed by atoms with E-state index in [0.29, 0.717) is 17.7 Å². The number of hydrogen-bond acceptors (Lipinski definition) is 3. The lowest BCUT2D eigenvalue weighted by Crippen LogP contribution is -2.28. The van der Waals surface area contributed by atoms with Gasteiger partial charge in [-0.15, -0.1) is 0 Å². The van der Waals surface area contributed by atoms with Crippen molar-refractivity contribution >= 4 is 11.8 Å². The molecule has 1 N–H and O–H groups in total. The fourth-order valence-electron chi connectivity index (χ4n) is 2.70. The van der Waals surface area contributed by atoms with Crippen molar-refractivity contribution in [2.45, 2.75) is 19.4 Å². The van der Waals surface area contributed by atoms with E-state index < -0.39 is 0 Å². The largest absolute Gasteiger partial charge is 0.348 e. The summed E-state index contributed by atoms with van der Waals surface area (Å²) in [7, 11) is 0. The van der Waals surface area contributed by atoms with Gasteiger partial charge in [0.2, 0.25) is 0 Å². The highest BCUT2D eigenvalue weighted by Gasteiger charge is 2.19. The van der Waals surface area contributed by atoms with E-state index in [1.807, 2.05) is 29.2 Å². The minimum Gasteiger partial charge on any atom is -0.348 e. The van der Waals surface area contributed by atoms with Gasteiger partial charge in [0.1, 0.15) is 0 Å². The van der Waals surface area contributed by atoms with E-state index in [0.717, 1.165) is 31.5 Å². The average molecular weight is 309 g/mol. The second-order valence-corrected chi connectivity index (χ2v) is 5.62. The highest BCUT2D eigenvalue weighted by molar-refractivity contribution is 5.95. The van der Waals surface area contributed by atoms with Crippen LogP contribution in [0.25, 0.3) is 0 Å². The number of rotatable bonds is 4. The van der Waals surface area contributed by atoms with Crippen molar-refractivity contribution in [2.75, 3.05) is 13.1 Å². The number of likely N-dealkylation sites (tertiary alicyclic amines) is 1. The SMILES string of the molecule is O=C(NCc1cccc(C(=O)N2CCCC2)c1)c1cccnc1. The van der Waals surface area contributed by atoms with Gasteiger partial charge < -0.3 is 10.2 Å². The van der Waals surface area contributed by atoms with Crippen LogP contribution in [0.3, 0.4) is 0 Å². The third-order valence-electron chi connectivity index (χ3n) is 3.94. The van der Waals surface area contributed by atoms with Gasteiger partial charge in [-0.05, 0) is 42.7 Å². The molecule has 0 radical (unpaired) electrons. The van der Waals surface area contributed by atoms with E-state index >= 15 is 0 Å². The summed E-state index contributed by atoms with van der Waals surface area (Å²) in [6, 6.07) is 10.9. The molecule has 1 aromatic carbocycles. The summed E-state index contributed by atoms with van der Waals surface area (Å²) in [5.74, 6) is -0.0997. The molecule has 118 valence electrons. The first-order chi connectivity index (χ1) is 11.2. The Morgan fingerprint density at radius 1 is 1.09 bits per heavy atom. The molecule has 1 aliphatic heterocycles. The van der Waals surface area contributed by atoms with E-state index in [1.165, 1.54) is 6.20 Å². The first kappa shape index (κ1) is 15.2. The van der Waals surface area contributed by atoms with Crippen LogP contribution in [-0.4, -0.2) is 34.8 Å². The van der Waals surface area contributed by atoms with Gasteiger partial charge in [0.05, 0.1) is 5.56 Å². The first-order valence-corrected chi connectivity index (χ1v) is 7.80. The standard InChI is InChI=1S/C18H19N3O2/c22-17(16-7-4-8-19-13-16)20-12-14-5-3-6-15(11-14)18(23)21-9-1-2-10-21/h3-8,11,13H,1-2,9-10,12H2,(H,20,22). The third kappa shape index (κ3) is 3.74. The number of carbonyl (C=O) groups excluding carboxylic acids is 2. The van der Waals surface area contributed by atoms with E-state index in [2.05, 4.69) is 10.3 Å². The molecule has 0 atom stereocenters. The Bertz CT molecular complexity index is 694. The maximum atomic E-state index is 12.4. The Hall–Kier alpha value is -2.69. The fourth-order valence-corrected chi connectivity index (χ4v) is 2.70. The smallest absolute Gasteiger partial charge is 0.253 e. The predicted octanol–water partition coefficient (Wildman–Crippen LogP) is 2.25. The van der Waals surface area contributed by atoms with Crippen LogP contribution >= 0.6 is 0 Å². The van der Waals surface area contributed by atoms with Crippen molar-refractivity contribution < 1.29 is 9.59 Å². The molecule has 5 heteroatoms. The van der Waals surface area contributed by atoms with Gasteiger partial charge in [0, 0.05) is 37.6 Å². The van der Waals surface area contributed by atoms with Crippen molar-refractivity contribution in [2.24, 2.45) is 0 Å². The number of nitrogens with zero attached hydrogens (tertiary/aromatic N) is 2. The molecular formula is C18H19N3O2. The Balaban J connectivity index is 1.63. The summed E-state index contributed by atoms with van der Waals surface area (Å²) in [5.41, 5.74) is 2.11. The third-order valence-corrected chi connectivity index (χ3v) is 3.94. The number of carbonyl (C=O) groups is 2. The van der Waals surface area contributed by atoms with Crippen molar-refractivity contribution in [1.82, 2.24) is 15.2 Å². The Kier molecular flexibility index (Phi) is 4.66. The van der Waals surface area contributed by atoms with Gasteiger partial charge in [0.15, 0.2) is 0 Å². The molecule has 1 aromatic heterocycles. The van der Waals surface area contributed by atoms with Gasteiger partial charge >= 0.3 is 0 Å². The quantitative estimate of drug-likeness (QED) is 0.942. The molecule has 0 unspecified atom stereocenters. The normalized spacial score (nSPS) is 13.8. The summed E-state index contributed by atoms with van der Waals surface area (Å²) in [4.78, 5) is 30.2. The second kappa shape index (κ2) is 7.05. The maximum Gasteiger partial charge on any atom is 0.253 e. The molecule has 1 saturated heterocycles. The highest BCUT2D eigenvalue weighted by Crippen LogP contribution is 2.14. The van der Waals surface area contributed by atoms with Crippen LogP contribution in [0.1, 0.15) is 39.1 Å². The van der Waals surface area contributed by atoms with Gasteiger partial charge in [-0.2, -0.15) is 0 Å². The van der Waals surface area contributed by atoms with E-state index in [1.54, 1.807) is 18.3 Å². The Labute approximate surface area is 135 Å². The minimum atomic E-state index is -0.172. The van der Waals surface area contributed by atoms with Crippen LogP contribution in [0.5, 0.6) is 0 Å². The zero-order valence-corrected chi connectivity index (χ0v) is 12.9. The average Bonchev–Trinajstić information content (AvgIpc) is 3.14. The van der Waals surface area contributed by atoms with Gasteiger partial charge in [-0.3, -0.25) is 14.6 Å². The van der Waals surface area contributed by atoms with Gasteiger partial charge in [0.25, 0.3) is 11.8 Å². The Morgan fingerprint density at radius 3 is 2.61 bits per heavy atom. The van der Waals surface area contributed by atoms with Crippen LogP contribution in [0.4, 0.5) is 0 Å². The number of aromatic nitrogens is 1. The molecule has 23 heavy (non-hydrogen) atoms. The maximum absolute atomic E-state index is 12.4. The van der Waals surface area contributed by atoms with Crippen LogP contribution in [0.2, 0.25) is 0 Å². The molecule has 0 bridgehead atoms. The number of hydrogen-bond donors (Lipinski definition) is 1. The van der Waals surface area contributed by atoms with Crippen LogP contribution in [0.15, 0.2) is 48.8 Å². The molecule has 0 saturated carbocycles. The van der Waals surface area contributed by atoms with Crippen molar-refractivity contribution in [3.8, 4) is 0 Å². The van der Waals surface area contributed by atoms with Crippen LogP contribution in [0, 0.1) is 0 Å². The van der Waals surface area contributed by atoms with Crippen molar-refractivity contribution in [1.29, 1.82) is 0 Å². The fraction of sp³-hybridized carbons (Fsp3) is 0.278. The monoisotopic (exact) mass is 309 g/mol. The lowest BCUT2D eigenvalue weighted by molar-refractivity contribution is 0.0792. The predicted molar refractivity (Wildman–Crippen MR) is 87.0 cm³/mol. The van der Waals surface area contributed by atoms with E-state index in [4.69, 9.17) is 0 Å². The molecule has 2 heterocycles. The van der Waals surface area contributed by atoms with Crippen molar-refractivity contribution in [3.63, 3.8) is 0 Å². The zero-order chi connectivity index (χ0) is 16.1. The number of nitrogens with one attached hydrogen (secondary N) is 1. The molecule has 5 nitrogen and oxygen atoms in total. The molecule has 3 rings (SSSR count). The molecule has 1 fully saturated rings. The van der Waals surface area contributed by atoms with Crippen LogP contribution in [-0.2, 0) is 6.54 Å². The van der Waals surface area contributed by atoms with Crippen molar-refractivity contribution in [3.05, 3.63) is 65.5 Å². The van der Waals surface area contributed by atoms with E-state index in [-0.39, 0.29) is 11.8 Å². The molecule has 0 spiro atoms. The first-order valence-electron chi connectivity index (χ1n) is 7.80. The molecule has 0 aliphatic carbocycles. The topological polar surface area (TPSA) is 62.3 Å². The summed E-state index contributed by atoms with van der Waals surface area (Å²) < 4.78 is 0. The van der Waals surface area contributed by atoms with Crippen LogP contribution < -0.4 is 5.32 Å². The summed E-state index contributed by atoms with van der Waals surface area (Å²) in [6.45, 7) is 2.05. The second-order valence-electron chi connectivity index (χ2n) is 5.62. The summed E-state index contributed by atoms with van der Waals surface area (Å²) >= 11 is 0.